The molecule has 0 radical (unpaired) electrons. The topological polar surface area (TPSA) is 87.0 Å². The smallest absolute Gasteiger partial charge is 0.323 e. The third kappa shape index (κ3) is 3.42. The van der Waals surface area contributed by atoms with Gasteiger partial charge in [0.2, 0.25) is 0 Å². The number of ether oxygens (including phenoxy) is 1. The Hall–Kier alpha value is -3.02. The zero-order valence-corrected chi connectivity index (χ0v) is 12.9. The Morgan fingerprint density at radius 3 is 2.65 bits per heavy atom. The second kappa shape index (κ2) is 6.00. The zero-order valence-electron chi connectivity index (χ0n) is 12.9. The highest BCUT2D eigenvalue weighted by molar-refractivity contribution is 5.93. The van der Waals surface area contributed by atoms with Crippen LogP contribution in [-0.2, 0) is 4.79 Å². The number of nitrogens with one attached hydrogen (secondary N) is 3. The van der Waals surface area contributed by atoms with Crippen LogP contribution in [0.3, 0.4) is 0 Å². The van der Waals surface area contributed by atoms with Gasteiger partial charge in [-0.15, -0.1) is 0 Å². The maximum Gasteiger partial charge on any atom is 0.323 e. The SMILES string of the molecule is Cc1ccc(OCC(=O)Nc2ccc3[nH]c(=O)[nH]c3c2)c(C)c1. The number of aryl methyl sites for hydroxylation is 2. The lowest BCUT2D eigenvalue weighted by Gasteiger charge is -2.10. The van der Waals surface area contributed by atoms with Crippen molar-refractivity contribution >= 4 is 22.6 Å². The van der Waals surface area contributed by atoms with Gasteiger partial charge in [-0.05, 0) is 43.7 Å². The number of hydrogen-bond donors (Lipinski definition) is 3. The molecule has 3 N–H and O–H groups in total. The normalized spacial score (nSPS) is 10.7. The summed E-state index contributed by atoms with van der Waals surface area (Å²) in [5, 5.41) is 2.74. The van der Waals surface area contributed by atoms with Crippen molar-refractivity contribution < 1.29 is 9.53 Å². The number of carbonyl (C=O) groups excluding carboxylic acids is 1. The van der Waals surface area contributed by atoms with Crippen LogP contribution in [0.2, 0.25) is 0 Å². The number of aromatic amines is 2. The fourth-order valence-electron chi connectivity index (χ4n) is 2.41. The number of aromatic nitrogens is 2. The van der Waals surface area contributed by atoms with Crippen LogP contribution in [0.4, 0.5) is 5.69 Å². The number of rotatable bonds is 4. The first kappa shape index (κ1) is 14.9. The molecule has 1 aromatic heterocycles. The maximum atomic E-state index is 12.0. The van der Waals surface area contributed by atoms with E-state index < -0.39 is 0 Å². The molecule has 0 aliphatic carbocycles. The van der Waals surface area contributed by atoms with E-state index in [2.05, 4.69) is 15.3 Å². The van der Waals surface area contributed by atoms with E-state index in [0.717, 1.165) is 11.1 Å². The molecule has 0 aliphatic heterocycles. The lowest BCUT2D eigenvalue weighted by atomic mass is 10.1. The molecule has 0 aliphatic rings. The Balaban J connectivity index is 1.64. The van der Waals surface area contributed by atoms with E-state index in [-0.39, 0.29) is 18.2 Å². The number of anilines is 1. The molecule has 0 saturated heterocycles. The van der Waals surface area contributed by atoms with Crippen LogP contribution >= 0.6 is 0 Å². The van der Waals surface area contributed by atoms with Gasteiger partial charge in [-0.3, -0.25) is 4.79 Å². The van der Waals surface area contributed by atoms with Gasteiger partial charge in [-0.25, -0.2) is 4.79 Å². The molecule has 118 valence electrons. The van der Waals surface area contributed by atoms with Crippen molar-refractivity contribution in [2.75, 3.05) is 11.9 Å². The Morgan fingerprint density at radius 2 is 1.87 bits per heavy atom. The van der Waals surface area contributed by atoms with Gasteiger partial charge >= 0.3 is 5.69 Å². The summed E-state index contributed by atoms with van der Waals surface area (Å²) in [6.07, 6.45) is 0. The molecule has 3 rings (SSSR count). The molecular formula is C17H17N3O3. The van der Waals surface area contributed by atoms with Crippen molar-refractivity contribution in [2.24, 2.45) is 0 Å². The molecule has 0 saturated carbocycles. The van der Waals surface area contributed by atoms with Crippen molar-refractivity contribution in [3.8, 4) is 5.75 Å². The molecule has 6 nitrogen and oxygen atoms in total. The van der Waals surface area contributed by atoms with E-state index in [9.17, 15) is 9.59 Å². The molecule has 1 amide bonds. The Morgan fingerprint density at radius 1 is 1.09 bits per heavy atom. The van der Waals surface area contributed by atoms with E-state index in [1.165, 1.54) is 0 Å². The molecule has 0 unspecified atom stereocenters. The highest BCUT2D eigenvalue weighted by Gasteiger charge is 2.07. The summed E-state index contributed by atoms with van der Waals surface area (Å²) in [7, 11) is 0. The largest absolute Gasteiger partial charge is 0.483 e. The first-order valence-electron chi connectivity index (χ1n) is 7.23. The van der Waals surface area contributed by atoms with Crippen molar-refractivity contribution in [2.45, 2.75) is 13.8 Å². The monoisotopic (exact) mass is 311 g/mol. The van der Waals surface area contributed by atoms with E-state index in [0.29, 0.717) is 22.5 Å². The number of amides is 1. The Labute approximate surface area is 132 Å². The fourth-order valence-corrected chi connectivity index (χ4v) is 2.41. The summed E-state index contributed by atoms with van der Waals surface area (Å²) >= 11 is 0. The van der Waals surface area contributed by atoms with E-state index in [1.807, 2.05) is 32.0 Å². The van der Waals surface area contributed by atoms with Gasteiger partial charge in [-0.1, -0.05) is 17.7 Å². The van der Waals surface area contributed by atoms with E-state index >= 15 is 0 Å². The Kier molecular flexibility index (Phi) is 3.89. The predicted molar refractivity (Wildman–Crippen MR) is 89.0 cm³/mol. The van der Waals surface area contributed by atoms with Gasteiger partial charge in [0, 0.05) is 5.69 Å². The maximum absolute atomic E-state index is 12.0. The third-order valence-corrected chi connectivity index (χ3v) is 3.49. The van der Waals surface area contributed by atoms with Crippen LogP contribution in [-0.4, -0.2) is 22.5 Å². The highest BCUT2D eigenvalue weighted by Crippen LogP contribution is 2.19. The van der Waals surface area contributed by atoms with Gasteiger partial charge in [0.05, 0.1) is 11.0 Å². The summed E-state index contributed by atoms with van der Waals surface area (Å²) in [5.41, 5.74) is 3.79. The van der Waals surface area contributed by atoms with Crippen molar-refractivity contribution in [3.63, 3.8) is 0 Å². The highest BCUT2D eigenvalue weighted by atomic mass is 16.5. The van der Waals surface area contributed by atoms with Crippen LogP contribution in [0.15, 0.2) is 41.2 Å². The minimum atomic E-state index is -0.276. The summed E-state index contributed by atoms with van der Waals surface area (Å²) in [6, 6.07) is 11.0. The summed E-state index contributed by atoms with van der Waals surface area (Å²) in [4.78, 5) is 28.5. The number of hydrogen-bond acceptors (Lipinski definition) is 3. The van der Waals surface area contributed by atoms with Crippen LogP contribution in [0, 0.1) is 13.8 Å². The van der Waals surface area contributed by atoms with E-state index in [1.54, 1.807) is 18.2 Å². The van der Waals surface area contributed by atoms with Crippen molar-refractivity contribution in [1.82, 2.24) is 9.97 Å². The molecule has 6 heteroatoms. The molecule has 1 heterocycles. The number of H-pyrrole nitrogens is 2. The van der Waals surface area contributed by atoms with Gasteiger partial charge in [0.25, 0.3) is 5.91 Å². The number of fused-ring (bicyclic) bond motifs is 1. The molecule has 3 aromatic rings. The fraction of sp³-hybridized carbons (Fsp3) is 0.176. The minimum Gasteiger partial charge on any atom is -0.483 e. The second-order valence-electron chi connectivity index (χ2n) is 5.45. The number of carbonyl (C=O) groups is 1. The molecular weight excluding hydrogens is 294 g/mol. The number of imidazole rings is 1. The summed E-state index contributed by atoms with van der Waals surface area (Å²) < 4.78 is 5.54. The average molecular weight is 311 g/mol. The molecule has 0 bridgehead atoms. The van der Waals surface area contributed by atoms with Gasteiger partial charge in [0.1, 0.15) is 5.75 Å². The summed E-state index contributed by atoms with van der Waals surface area (Å²) in [6.45, 7) is 3.87. The van der Waals surface area contributed by atoms with Crippen LogP contribution < -0.4 is 15.7 Å². The van der Waals surface area contributed by atoms with Gasteiger partial charge in [-0.2, -0.15) is 0 Å². The van der Waals surface area contributed by atoms with Crippen LogP contribution in [0.5, 0.6) is 5.75 Å². The first-order valence-corrected chi connectivity index (χ1v) is 7.23. The quantitative estimate of drug-likeness (QED) is 0.692. The minimum absolute atomic E-state index is 0.0778. The average Bonchev–Trinajstić information content (AvgIpc) is 2.85. The lowest BCUT2D eigenvalue weighted by molar-refractivity contribution is -0.118. The van der Waals surface area contributed by atoms with Crippen LogP contribution in [0.1, 0.15) is 11.1 Å². The standard InChI is InChI=1S/C17H17N3O3/c1-10-3-6-15(11(2)7-10)23-9-16(21)18-12-4-5-13-14(8-12)20-17(22)19-13/h3-8H,9H2,1-2H3,(H,18,21)(H2,19,20,22). The molecule has 0 spiro atoms. The predicted octanol–water partition coefficient (Wildman–Crippen LogP) is 2.49. The van der Waals surface area contributed by atoms with Crippen molar-refractivity contribution in [1.29, 1.82) is 0 Å². The third-order valence-electron chi connectivity index (χ3n) is 3.49. The molecule has 23 heavy (non-hydrogen) atoms. The second-order valence-corrected chi connectivity index (χ2v) is 5.45. The molecule has 0 fully saturated rings. The van der Waals surface area contributed by atoms with Crippen molar-refractivity contribution in [3.05, 3.63) is 58.0 Å². The lowest BCUT2D eigenvalue weighted by Crippen LogP contribution is -2.20. The molecule has 0 atom stereocenters. The zero-order chi connectivity index (χ0) is 16.4. The van der Waals surface area contributed by atoms with Gasteiger partial charge in [0.15, 0.2) is 6.61 Å². The van der Waals surface area contributed by atoms with E-state index in [4.69, 9.17) is 4.74 Å². The number of benzene rings is 2. The Bertz CT molecular complexity index is 924. The summed E-state index contributed by atoms with van der Waals surface area (Å²) in [5.74, 6) is 0.429. The van der Waals surface area contributed by atoms with Gasteiger partial charge < -0.3 is 20.0 Å². The molecule has 2 aromatic carbocycles. The first-order chi connectivity index (χ1) is 11.0. The van der Waals surface area contributed by atoms with Crippen LogP contribution in [0.25, 0.3) is 11.0 Å².